The maximum Gasteiger partial charge on any atom is 0.328 e. The molecule has 0 spiro atoms. The molecule has 0 unspecified atom stereocenters. The number of hydrogen-bond donors (Lipinski definition) is 0. The van der Waals surface area contributed by atoms with Crippen molar-refractivity contribution in [3.8, 4) is 5.75 Å². The zero-order chi connectivity index (χ0) is 23.9. The van der Waals surface area contributed by atoms with Crippen LogP contribution in [0.3, 0.4) is 0 Å². The van der Waals surface area contributed by atoms with E-state index in [1.165, 1.54) is 84.0 Å². The van der Waals surface area contributed by atoms with Gasteiger partial charge in [0.15, 0.2) is 0 Å². The molecule has 0 aliphatic carbocycles. The van der Waals surface area contributed by atoms with E-state index in [4.69, 9.17) is 4.74 Å². The van der Waals surface area contributed by atoms with Crippen LogP contribution in [0.4, 0.5) is 10.1 Å². The lowest BCUT2D eigenvalue weighted by molar-refractivity contribution is 0.100. The summed E-state index contributed by atoms with van der Waals surface area (Å²) in [5.74, 6) is -1.45. The minimum absolute atomic E-state index is 0.00565. The maximum atomic E-state index is 14.4. The number of carbonyl (C=O) groups is 1. The van der Waals surface area contributed by atoms with Crippen molar-refractivity contribution in [3.05, 3.63) is 88.6 Å². The second-order valence-corrected chi connectivity index (χ2v) is 9.09. The molecule has 0 radical (unpaired) electrons. The van der Waals surface area contributed by atoms with Crippen molar-refractivity contribution in [3.63, 3.8) is 0 Å². The normalized spacial score (nSPS) is 11.5. The Labute approximate surface area is 189 Å². The quantitative estimate of drug-likeness (QED) is 0.448. The fraction of sp³-hybridized carbons (Fsp3) is 0.130. The molecule has 0 aliphatic heterocycles. The number of sulfonamides is 1. The molecule has 0 atom stereocenters. The Balaban J connectivity index is 1.93. The first-order valence-electron chi connectivity index (χ1n) is 9.80. The van der Waals surface area contributed by atoms with Gasteiger partial charge in [-0.25, -0.2) is 17.6 Å². The van der Waals surface area contributed by atoms with Crippen LogP contribution in [0.1, 0.15) is 10.4 Å². The average molecular weight is 469 g/mol. The highest BCUT2D eigenvalue weighted by Gasteiger charge is 2.33. The Morgan fingerprint density at radius 2 is 1.58 bits per heavy atom. The molecular formula is C23H20FN3O5S. The van der Waals surface area contributed by atoms with E-state index in [0.29, 0.717) is 21.1 Å². The Kier molecular flexibility index (Phi) is 5.54. The Morgan fingerprint density at radius 1 is 0.939 bits per heavy atom. The summed E-state index contributed by atoms with van der Waals surface area (Å²) in [6.07, 6.45) is 0. The van der Waals surface area contributed by atoms with Crippen LogP contribution >= 0.6 is 0 Å². The smallest absolute Gasteiger partial charge is 0.328 e. The predicted molar refractivity (Wildman–Crippen MR) is 122 cm³/mol. The second kappa shape index (κ2) is 8.21. The van der Waals surface area contributed by atoms with Crippen LogP contribution in [-0.4, -0.2) is 30.6 Å². The number of aromatic nitrogens is 2. The highest BCUT2D eigenvalue weighted by molar-refractivity contribution is 7.93. The third-order valence-electron chi connectivity index (χ3n) is 5.38. The first-order valence-corrected chi connectivity index (χ1v) is 11.2. The molecule has 8 nitrogen and oxygen atoms in total. The molecule has 10 heteroatoms. The lowest BCUT2D eigenvalue weighted by atomic mass is 10.2. The molecule has 0 N–H and O–H groups in total. The van der Waals surface area contributed by atoms with E-state index < -0.39 is 27.3 Å². The molecule has 0 fully saturated rings. The van der Waals surface area contributed by atoms with Gasteiger partial charge in [-0.05, 0) is 54.6 Å². The van der Waals surface area contributed by atoms with E-state index in [1.54, 1.807) is 7.05 Å². The van der Waals surface area contributed by atoms with Crippen molar-refractivity contribution in [2.24, 2.45) is 14.1 Å². The minimum atomic E-state index is -4.50. The summed E-state index contributed by atoms with van der Waals surface area (Å²) < 4.78 is 50.2. The number of nitrogens with zero attached hydrogens (tertiary/aromatic N) is 3. The zero-order valence-corrected chi connectivity index (χ0v) is 18.8. The van der Waals surface area contributed by atoms with Crippen LogP contribution < -0.4 is 14.7 Å². The largest absolute Gasteiger partial charge is 0.497 e. The molecule has 3 aromatic carbocycles. The van der Waals surface area contributed by atoms with Gasteiger partial charge < -0.3 is 4.74 Å². The number of halogens is 1. The number of carbonyl (C=O) groups excluding carboxylic acids is 1. The van der Waals surface area contributed by atoms with Crippen molar-refractivity contribution in [2.75, 3.05) is 11.4 Å². The van der Waals surface area contributed by atoms with Crippen molar-refractivity contribution in [2.45, 2.75) is 4.90 Å². The average Bonchev–Trinajstić information content (AvgIpc) is 3.03. The van der Waals surface area contributed by atoms with Gasteiger partial charge >= 0.3 is 5.69 Å². The van der Waals surface area contributed by atoms with Crippen LogP contribution in [-0.2, 0) is 24.1 Å². The van der Waals surface area contributed by atoms with Gasteiger partial charge in [-0.1, -0.05) is 12.1 Å². The summed E-state index contributed by atoms with van der Waals surface area (Å²) in [4.78, 5) is 25.4. The van der Waals surface area contributed by atoms with E-state index in [1.807, 2.05) is 0 Å². The van der Waals surface area contributed by atoms with Gasteiger partial charge in [0.2, 0.25) is 0 Å². The van der Waals surface area contributed by atoms with Crippen LogP contribution in [0.5, 0.6) is 5.75 Å². The molecular weight excluding hydrogens is 449 g/mol. The van der Waals surface area contributed by atoms with Crippen molar-refractivity contribution < 1.29 is 22.3 Å². The zero-order valence-electron chi connectivity index (χ0n) is 18.0. The highest BCUT2D eigenvalue weighted by atomic mass is 32.2. The fourth-order valence-electron chi connectivity index (χ4n) is 3.58. The molecule has 0 aliphatic rings. The molecule has 0 saturated heterocycles. The maximum absolute atomic E-state index is 14.4. The number of methoxy groups -OCH3 is 1. The molecule has 4 aromatic rings. The lowest BCUT2D eigenvalue weighted by Crippen LogP contribution is -2.37. The first kappa shape index (κ1) is 22.3. The summed E-state index contributed by atoms with van der Waals surface area (Å²) >= 11 is 0. The molecule has 0 bridgehead atoms. The Morgan fingerprint density at radius 3 is 2.21 bits per heavy atom. The summed E-state index contributed by atoms with van der Waals surface area (Å²) in [7, 11) is 0.0480. The number of aryl methyl sites for hydroxylation is 2. The monoisotopic (exact) mass is 469 g/mol. The third kappa shape index (κ3) is 3.68. The molecule has 33 heavy (non-hydrogen) atoms. The van der Waals surface area contributed by atoms with Crippen LogP contribution in [0.15, 0.2) is 76.4 Å². The van der Waals surface area contributed by atoms with E-state index in [-0.39, 0.29) is 16.3 Å². The standard InChI is InChI=1S/C23H20FN3O5S/c1-25-20-13-12-17(14-21(20)26(2)23(25)29)33(30,31)27(15-8-10-16(32-3)11-9-15)22(28)18-6-4-5-7-19(18)24/h4-14H,1-3H3. The molecule has 170 valence electrons. The van der Waals surface area contributed by atoms with E-state index in [0.717, 1.165) is 6.07 Å². The summed E-state index contributed by atoms with van der Waals surface area (Å²) in [6, 6.07) is 15.0. The van der Waals surface area contributed by atoms with E-state index in [2.05, 4.69) is 0 Å². The SMILES string of the molecule is COc1ccc(N(C(=O)c2ccccc2F)S(=O)(=O)c2ccc3c(c2)n(C)c(=O)n3C)cc1. The fourth-order valence-corrected chi connectivity index (χ4v) is 5.01. The second-order valence-electron chi connectivity index (χ2n) is 7.30. The minimum Gasteiger partial charge on any atom is -0.497 e. The Hall–Kier alpha value is -3.92. The van der Waals surface area contributed by atoms with Gasteiger partial charge in [-0.15, -0.1) is 0 Å². The van der Waals surface area contributed by atoms with Gasteiger partial charge in [-0.2, -0.15) is 4.31 Å². The number of anilines is 1. The number of benzene rings is 3. The van der Waals surface area contributed by atoms with Crippen LogP contribution in [0.25, 0.3) is 11.0 Å². The van der Waals surface area contributed by atoms with Gasteiger partial charge in [0.05, 0.1) is 34.3 Å². The van der Waals surface area contributed by atoms with Crippen LogP contribution in [0, 0.1) is 5.82 Å². The summed E-state index contributed by atoms with van der Waals surface area (Å²) in [5.41, 5.74) is 0.180. The molecule has 1 aromatic heterocycles. The van der Waals surface area contributed by atoms with Gasteiger partial charge in [0.25, 0.3) is 15.9 Å². The predicted octanol–water partition coefficient (Wildman–Crippen LogP) is 3.06. The topological polar surface area (TPSA) is 90.6 Å². The van der Waals surface area contributed by atoms with E-state index >= 15 is 0 Å². The number of imidazole rings is 1. The summed E-state index contributed by atoms with van der Waals surface area (Å²) in [5, 5.41) is 0. The molecule has 1 heterocycles. The van der Waals surface area contributed by atoms with Gasteiger partial charge in [-0.3, -0.25) is 13.9 Å². The van der Waals surface area contributed by atoms with Crippen molar-refractivity contribution in [1.29, 1.82) is 0 Å². The number of ether oxygens (including phenoxy) is 1. The number of rotatable bonds is 5. The number of amides is 1. The number of fused-ring (bicyclic) bond motifs is 1. The van der Waals surface area contributed by atoms with Crippen LogP contribution in [0.2, 0.25) is 0 Å². The van der Waals surface area contributed by atoms with E-state index in [9.17, 15) is 22.4 Å². The van der Waals surface area contributed by atoms with Gasteiger partial charge in [0, 0.05) is 14.1 Å². The van der Waals surface area contributed by atoms with Crippen molar-refractivity contribution >= 4 is 32.7 Å². The van der Waals surface area contributed by atoms with Gasteiger partial charge in [0.1, 0.15) is 11.6 Å². The third-order valence-corrected chi connectivity index (χ3v) is 7.08. The highest BCUT2D eigenvalue weighted by Crippen LogP contribution is 2.29. The molecule has 1 amide bonds. The number of hydrogen-bond acceptors (Lipinski definition) is 5. The van der Waals surface area contributed by atoms with Crippen molar-refractivity contribution in [1.82, 2.24) is 9.13 Å². The Bertz CT molecular complexity index is 1540. The summed E-state index contributed by atoms with van der Waals surface area (Å²) in [6.45, 7) is 0. The molecule has 4 rings (SSSR count). The first-order chi connectivity index (χ1) is 15.7. The molecule has 0 saturated carbocycles. The lowest BCUT2D eigenvalue weighted by Gasteiger charge is -2.23.